The summed E-state index contributed by atoms with van der Waals surface area (Å²) in [6.45, 7) is 2.35. The lowest BCUT2D eigenvalue weighted by molar-refractivity contribution is 0.242. The molecule has 0 fully saturated rings. The molecule has 1 nitrogen and oxygen atoms in total. The summed E-state index contributed by atoms with van der Waals surface area (Å²) in [5.74, 6) is 0.567. The van der Waals surface area contributed by atoms with Crippen LogP contribution >= 0.6 is 0 Å². The van der Waals surface area contributed by atoms with E-state index in [0.29, 0.717) is 12.0 Å². The van der Waals surface area contributed by atoms with Crippen LogP contribution in [0.15, 0.2) is 60.7 Å². The van der Waals surface area contributed by atoms with Gasteiger partial charge in [0.05, 0.1) is 0 Å². The number of aryl methyl sites for hydroxylation is 1. The number of benzene rings is 2. The zero-order valence-corrected chi connectivity index (χ0v) is 13.5. The highest BCUT2D eigenvalue weighted by molar-refractivity contribution is 5.20. The Labute approximate surface area is 129 Å². The van der Waals surface area contributed by atoms with Crippen LogP contribution in [-0.2, 0) is 6.42 Å². The van der Waals surface area contributed by atoms with Crippen LogP contribution in [0.4, 0.5) is 0 Å². The molecule has 112 valence electrons. The molecule has 0 N–H and O–H groups in total. The van der Waals surface area contributed by atoms with Crippen molar-refractivity contribution < 1.29 is 0 Å². The zero-order valence-electron chi connectivity index (χ0n) is 13.5. The molecule has 2 rings (SSSR count). The minimum absolute atomic E-state index is 0.567. The van der Waals surface area contributed by atoms with Crippen molar-refractivity contribution in [1.29, 1.82) is 0 Å². The van der Waals surface area contributed by atoms with E-state index in [-0.39, 0.29) is 0 Å². The first-order chi connectivity index (χ1) is 10.2. The molecule has 2 unspecified atom stereocenters. The Kier molecular flexibility index (Phi) is 6.01. The van der Waals surface area contributed by atoms with E-state index in [0.717, 1.165) is 0 Å². The lowest BCUT2D eigenvalue weighted by Gasteiger charge is -2.30. The Morgan fingerprint density at radius 3 is 2.00 bits per heavy atom. The van der Waals surface area contributed by atoms with Gasteiger partial charge in [-0.05, 0) is 50.4 Å². The highest BCUT2D eigenvalue weighted by Gasteiger charge is 2.20. The minimum atomic E-state index is 0.567. The van der Waals surface area contributed by atoms with E-state index in [1.54, 1.807) is 0 Å². The van der Waals surface area contributed by atoms with E-state index in [2.05, 4.69) is 86.6 Å². The molecule has 0 radical (unpaired) electrons. The number of hydrogen-bond donors (Lipinski definition) is 0. The van der Waals surface area contributed by atoms with E-state index in [1.807, 2.05) is 0 Å². The highest BCUT2D eigenvalue weighted by atomic mass is 15.1. The standard InChI is InChI=1S/C20H27N/c1-17(19-14-8-5-9-15-19)20(21(2)3)16-10-13-18-11-6-4-7-12-18/h4-9,11-12,14-15,17,20H,10,13,16H2,1-3H3. The van der Waals surface area contributed by atoms with Crippen molar-refractivity contribution in [3.63, 3.8) is 0 Å². The lowest BCUT2D eigenvalue weighted by Crippen LogP contribution is -2.33. The smallest absolute Gasteiger partial charge is 0.0155 e. The van der Waals surface area contributed by atoms with Crippen LogP contribution < -0.4 is 0 Å². The van der Waals surface area contributed by atoms with E-state index in [9.17, 15) is 0 Å². The van der Waals surface area contributed by atoms with Crippen molar-refractivity contribution in [3.8, 4) is 0 Å². The number of hydrogen-bond acceptors (Lipinski definition) is 1. The average molecular weight is 281 g/mol. The van der Waals surface area contributed by atoms with Gasteiger partial charge in [-0.2, -0.15) is 0 Å². The summed E-state index contributed by atoms with van der Waals surface area (Å²) in [5.41, 5.74) is 2.89. The molecule has 2 aromatic carbocycles. The van der Waals surface area contributed by atoms with Gasteiger partial charge in [0.25, 0.3) is 0 Å². The Balaban J connectivity index is 1.93. The quantitative estimate of drug-likeness (QED) is 0.708. The molecule has 0 aliphatic heterocycles. The highest BCUT2D eigenvalue weighted by Crippen LogP contribution is 2.25. The molecule has 0 saturated heterocycles. The SMILES string of the molecule is CC(c1ccccc1)C(CCCc1ccccc1)N(C)C. The lowest BCUT2D eigenvalue weighted by atomic mass is 9.89. The largest absolute Gasteiger partial charge is 0.306 e. The maximum Gasteiger partial charge on any atom is 0.0155 e. The van der Waals surface area contributed by atoms with Crippen molar-refractivity contribution in [2.24, 2.45) is 0 Å². The number of nitrogens with zero attached hydrogens (tertiary/aromatic N) is 1. The van der Waals surface area contributed by atoms with Crippen LogP contribution in [0.1, 0.15) is 36.8 Å². The van der Waals surface area contributed by atoms with Gasteiger partial charge >= 0.3 is 0 Å². The van der Waals surface area contributed by atoms with Gasteiger partial charge in [0, 0.05) is 6.04 Å². The van der Waals surface area contributed by atoms with Crippen molar-refractivity contribution in [3.05, 3.63) is 71.8 Å². The van der Waals surface area contributed by atoms with Gasteiger partial charge in [-0.15, -0.1) is 0 Å². The normalized spacial score (nSPS) is 14.1. The zero-order chi connectivity index (χ0) is 15.1. The van der Waals surface area contributed by atoms with Crippen LogP contribution in [0.3, 0.4) is 0 Å². The van der Waals surface area contributed by atoms with Crippen molar-refractivity contribution in [2.45, 2.75) is 38.1 Å². The van der Waals surface area contributed by atoms with E-state index in [4.69, 9.17) is 0 Å². The van der Waals surface area contributed by atoms with Gasteiger partial charge in [-0.3, -0.25) is 0 Å². The van der Waals surface area contributed by atoms with Crippen LogP contribution in [0, 0.1) is 0 Å². The van der Waals surface area contributed by atoms with Crippen molar-refractivity contribution in [1.82, 2.24) is 4.90 Å². The van der Waals surface area contributed by atoms with Crippen LogP contribution in [0.25, 0.3) is 0 Å². The fraction of sp³-hybridized carbons (Fsp3) is 0.400. The van der Waals surface area contributed by atoms with Gasteiger partial charge in [-0.25, -0.2) is 0 Å². The second kappa shape index (κ2) is 7.99. The molecule has 0 saturated carbocycles. The third kappa shape index (κ3) is 4.71. The molecule has 1 heteroatoms. The summed E-state index contributed by atoms with van der Waals surface area (Å²) in [6.07, 6.45) is 3.65. The van der Waals surface area contributed by atoms with E-state index < -0.39 is 0 Å². The molecule has 2 atom stereocenters. The predicted molar refractivity (Wildman–Crippen MR) is 91.7 cm³/mol. The first kappa shape index (κ1) is 15.8. The Bertz CT molecular complexity index is 504. The topological polar surface area (TPSA) is 3.24 Å². The summed E-state index contributed by atoms with van der Waals surface area (Å²) in [4.78, 5) is 2.38. The molecule has 0 heterocycles. The Hall–Kier alpha value is -1.60. The summed E-state index contributed by atoms with van der Waals surface area (Å²) in [5, 5.41) is 0. The second-order valence-corrected chi connectivity index (χ2v) is 6.11. The molecule has 0 amide bonds. The molecule has 0 bridgehead atoms. The molecule has 0 aromatic heterocycles. The predicted octanol–water partition coefficient (Wildman–Crippen LogP) is 4.74. The Morgan fingerprint density at radius 2 is 1.43 bits per heavy atom. The fourth-order valence-electron chi connectivity index (χ4n) is 3.09. The molecule has 0 spiro atoms. The third-order valence-electron chi connectivity index (χ3n) is 4.37. The summed E-state index contributed by atoms with van der Waals surface area (Å²) in [6, 6.07) is 22.3. The molecular weight excluding hydrogens is 254 g/mol. The second-order valence-electron chi connectivity index (χ2n) is 6.11. The first-order valence-corrected chi connectivity index (χ1v) is 7.94. The number of likely N-dealkylation sites (N-methyl/N-ethyl adjacent to an activating group) is 1. The monoisotopic (exact) mass is 281 g/mol. The maximum absolute atomic E-state index is 2.38. The molecule has 0 aliphatic rings. The van der Waals surface area contributed by atoms with Gasteiger partial charge < -0.3 is 4.90 Å². The van der Waals surface area contributed by atoms with Gasteiger partial charge in [0.15, 0.2) is 0 Å². The fourth-order valence-corrected chi connectivity index (χ4v) is 3.09. The summed E-state index contributed by atoms with van der Waals surface area (Å²) < 4.78 is 0. The summed E-state index contributed by atoms with van der Waals surface area (Å²) >= 11 is 0. The van der Waals surface area contributed by atoms with Crippen LogP contribution in [0.2, 0.25) is 0 Å². The molecule has 0 aliphatic carbocycles. The third-order valence-corrected chi connectivity index (χ3v) is 4.37. The molecule has 21 heavy (non-hydrogen) atoms. The van der Waals surface area contributed by atoms with Crippen molar-refractivity contribution in [2.75, 3.05) is 14.1 Å². The van der Waals surface area contributed by atoms with E-state index >= 15 is 0 Å². The van der Waals surface area contributed by atoms with Crippen molar-refractivity contribution >= 4 is 0 Å². The first-order valence-electron chi connectivity index (χ1n) is 7.94. The molecule has 2 aromatic rings. The van der Waals surface area contributed by atoms with Gasteiger partial charge in [0.2, 0.25) is 0 Å². The maximum atomic E-state index is 2.38. The van der Waals surface area contributed by atoms with Crippen LogP contribution in [0.5, 0.6) is 0 Å². The molecular formula is C20H27N. The van der Waals surface area contributed by atoms with Crippen LogP contribution in [-0.4, -0.2) is 25.0 Å². The number of rotatable bonds is 7. The van der Waals surface area contributed by atoms with E-state index in [1.165, 1.54) is 30.4 Å². The minimum Gasteiger partial charge on any atom is -0.306 e. The van der Waals surface area contributed by atoms with Gasteiger partial charge in [0.1, 0.15) is 0 Å². The van der Waals surface area contributed by atoms with Gasteiger partial charge in [-0.1, -0.05) is 67.6 Å². The average Bonchev–Trinajstić information content (AvgIpc) is 2.52. The Morgan fingerprint density at radius 1 is 0.857 bits per heavy atom. The summed E-state index contributed by atoms with van der Waals surface area (Å²) in [7, 11) is 4.40.